The maximum Gasteiger partial charge on any atom is 0.229 e. The molecule has 4 heteroatoms. The van der Waals surface area contributed by atoms with Gasteiger partial charge in [0.2, 0.25) is 5.95 Å². The minimum Gasteiger partial charge on any atom is -0.370 e. The number of aryl methyl sites for hydroxylation is 3. The average Bonchev–Trinajstić information content (AvgIpc) is 2.39. The number of aromatic nitrogens is 2. The van der Waals surface area contributed by atoms with Crippen LogP contribution in [0.1, 0.15) is 30.7 Å². The first kappa shape index (κ1) is 15.3. The fourth-order valence-electron chi connectivity index (χ4n) is 2.10. The summed E-state index contributed by atoms with van der Waals surface area (Å²) in [6, 6.07) is 8.27. The lowest BCUT2D eigenvalue weighted by Gasteiger charge is -2.12. The van der Waals surface area contributed by atoms with Crippen molar-refractivity contribution in [2.45, 2.75) is 34.6 Å². The lowest BCUT2D eigenvalue weighted by molar-refractivity contribution is 0.687. The summed E-state index contributed by atoms with van der Waals surface area (Å²) >= 11 is 0. The van der Waals surface area contributed by atoms with E-state index in [1.165, 1.54) is 11.1 Å². The lowest BCUT2D eigenvalue weighted by Crippen LogP contribution is -2.11. The first-order valence-electron chi connectivity index (χ1n) is 7.38. The first-order valence-corrected chi connectivity index (χ1v) is 7.38. The second kappa shape index (κ2) is 6.57. The van der Waals surface area contributed by atoms with E-state index < -0.39 is 0 Å². The molecule has 2 N–H and O–H groups in total. The topological polar surface area (TPSA) is 49.8 Å². The normalized spacial score (nSPS) is 10.8. The Hall–Kier alpha value is -2.10. The van der Waals surface area contributed by atoms with Crippen LogP contribution in [0.2, 0.25) is 0 Å². The number of rotatable bonds is 5. The average molecular weight is 284 g/mol. The van der Waals surface area contributed by atoms with E-state index in [2.05, 4.69) is 66.5 Å². The Bertz CT molecular complexity index is 620. The van der Waals surface area contributed by atoms with Crippen LogP contribution in [0.3, 0.4) is 0 Å². The van der Waals surface area contributed by atoms with Crippen LogP contribution in [-0.4, -0.2) is 16.5 Å². The van der Waals surface area contributed by atoms with Gasteiger partial charge in [0.05, 0.1) is 0 Å². The molecule has 0 radical (unpaired) electrons. The highest BCUT2D eigenvalue weighted by Crippen LogP contribution is 2.20. The van der Waals surface area contributed by atoms with Crippen molar-refractivity contribution in [3.05, 3.63) is 41.1 Å². The molecule has 0 bridgehead atoms. The van der Waals surface area contributed by atoms with Crippen molar-refractivity contribution in [1.82, 2.24) is 9.97 Å². The second-order valence-electron chi connectivity index (χ2n) is 5.94. The summed E-state index contributed by atoms with van der Waals surface area (Å²) in [4.78, 5) is 8.99. The SMILES string of the molecule is Cc1ccc(Nc2nc(C)cc(NCC(C)C)n2)c(C)c1. The van der Waals surface area contributed by atoms with E-state index in [1.807, 2.05) is 13.0 Å². The monoisotopic (exact) mass is 284 g/mol. The van der Waals surface area contributed by atoms with Crippen LogP contribution in [0, 0.1) is 26.7 Å². The van der Waals surface area contributed by atoms with Gasteiger partial charge in [-0.1, -0.05) is 31.5 Å². The van der Waals surface area contributed by atoms with Crippen molar-refractivity contribution in [2.75, 3.05) is 17.2 Å². The third-order valence-corrected chi connectivity index (χ3v) is 3.17. The van der Waals surface area contributed by atoms with Crippen LogP contribution in [0.15, 0.2) is 24.3 Å². The number of nitrogens with zero attached hydrogens (tertiary/aromatic N) is 2. The Balaban J connectivity index is 2.19. The van der Waals surface area contributed by atoms with Crippen LogP contribution >= 0.6 is 0 Å². The van der Waals surface area contributed by atoms with E-state index in [4.69, 9.17) is 0 Å². The highest BCUT2D eigenvalue weighted by atomic mass is 15.1. The molecule has 2 rings (SSSR count). The quantitative estimate of drug-likeness (QED) is 0.863. The minimum absolute atomic E-state index is 0.580. The fraction of sp³-hybridized carbons (Fsp3) is 0.412. The molecule has 2 aromatic rings. The summed E-state index contributed by atoms with van der Waals surface area (Å²) in [5.41, 5.74) is 4.43. The Labute approximate surface area is 127 Å². The molecule has 0 saturated heterocycles. The standard InChI is InChI=1S/C17H24N4/c1-11(2)10-18-16-9-14(5)19-17(21-16)20-15-7-6-12(3)8-13(15)4/h6-9,11H,10H2,1-5H3,(H2,18,19,20,21). The van der Waals surface area contributed by atoms with Crippen molar-refractivity contribution in [3.8, 4) is 0 Å². The first-order chi connectivity index (χ1) is 9.94. The van der Waals surface area contributed by atoms with Crippen molar-refractivity contribution in [2.24, 2.45) is 5.92 Å². The summed E-state index contributed by atoms with van der Waals surface area (Å²) in [6.45, 7) is 11.4. The van der Waals surface area contributed by atoms with E-state index in [0.29, 0.717) is 11.9 Å². The predicted molar refractivity (Wildman–Crippen MR) is 89.3 cm³/mol. The number of anilines is 3. The Morgan fingerprint density at radius 1 is 1.05 bits per heavy atom. The van der Waals surface area contributed by atoms with Crippen molar-refractivity contribution in [3.63, 3.8) is 0 Å². The van der Waals surface area contributed by atoms with Gasteiger partial charge < -0.3 is 10.6 Å². The highest BCUT2D eigenvalue weighted by Gasteiger charge is 2.05. The molecule has 1 aromatic heterocycles. The van der Waals surface area contributed by atoms with E-state index in [0.717, 1.165) is 23.7 Å². The summed E-state index contributed by atoms with van der Waals surface area (Å²) in [6.07, 6.45) is 0. The molecule has 0 aliphatic heterocycles. The van der Waals surface area contributed by atoms with Gasteiger partial charge in [-0.25, -0.2) is 4.98 Å². The van der Waals surface area contributed by atoms with Gasteiger partial charge in [-0.3, -0.25) is 0 Å². The fourth-order valence-corrected chi connectivity index (χ4v) is 2.10. The zero-order valence-electron chi connectivity index (χ0n) is 13.5. The molecule has 1 aromatic carbocycles. The highest BCUT2D eigenvalue weighted by molar-refractivity contribution is 5.60. The van der Waals surface area contributed by atoms with Crippen molar-refractivity contribution in [1.29, 1.82) is 0 Å². The van der Waals surface area contributed by atoms with E-state index in [-0.39, 0.29) is 0 Å². The molecule has 0 atom stereocenters. The molecular formula is C17H24N4. The van der Waals surface area contributed by atoms with Gasteiger partial charge >= 0.3 is 0 Å². The zero-order valence-corrected chi connectivity index (χ0v) is 13.5. The third kappa shape index (κ3) is 4.45. The maximum absolute atomic E-state index is 4.53. The van der Waals surface area contributed by atoms with Gasteiger partial charge in [0, 0.05) is 24.0 Å². The Kier molecular flexibility index (Phi) is 4.78. The summed E-state index contributed by atoms with van der Waals surface area (Å²) in [7, 11) is 0. The Morgan fingerprint density at radius 3 is 2.48 bits per heavy atom. The molecule has 0 saturated carbocycles. The molecule has 1 heterocycles. The zero-order chi connectivity index (χ0) is 15.4. The maximum atomic E-state index is 4.53. The number of nitrogens with one attached hydrogen (secondary N) is 2. The van der Waals surface area contributed by atoms with Crippen LogP contribution in [0.5, 0.6) is 0 Å². The summed E-state index contributed by atoms with van der Waals surface area (Å²) in [5, 5.41) is 6.65. The summed E-state index contributed by atoms with van der Waals surface area (Å²) in [5.74, 6) is 2.08. The van der Waals surface area contributed by atoms with Gasteiger partial charge in [0.25, 0.3) is 0 Å². The van der Waals surface area contributed by atoms with Crippen LogP contribution in [0.4, 0.5) is 17.5 Å². The number of hydrogen-bond acceptors (Lipinski definition) is 4. The molecule has 21 heavy (non-hydrogen) atoms. The van der Waals surface area contributed by atoms with Gasteiger partial charge in [0.1, 0.15) is 5.82 Å². The van der Waals surface area contributed by atoms with Gasteiger partial charge in [0.15, 0.2) is 0 Å². The van der Waals surface area contributed by atoms with Crippen LogP contribution < -0.4 is 10.6 Å². The molecule has 4 nitrogen and oxygen atoms in total. The lowest BCUT2D eigenvalue weighted by atomic mass is 10.1. The number of benzene rings is 1. The Morgan fingerprint density at radius 2 is 1.81 bits per heavy atom. The van der Waals surface area contributed by atoms with Gasteiger partial charge in [-0.05, 0) is 38.3 Å². The van der Waals surface area contributed by atoms with Gasteiger partial charge in [-0.15, -0.1) is 0 Å². The third-order valence-electron chi connectivity index (χ3n) is 3.17. The molecular weight excluding hydrogens is 260 g/mol. The van der Waals surface area contributed by atoms with E-state index in [1.54, 1.807) is 0 Å². The molecule has 0 fully saturated rings. The largest absolute Gasteiger partial charge is 0.370 e. The number of hydrogen-bond donors (Lipinski definition) is 2. The predicted octanol–water partition coefficient (Wildman–Crippen LogP) is 4.21. The minimum atomic E-state index is 0.580. The molecule has 112 valence electrons. The van der Waals surface area contributed by atoms with E-state index >= 15 is 0 Å². The summed E-state index contributed by atoms with van der Waals surface area (Å²) < 4.78 is 0. The van der Waals surface area contributed by atoms with Crippen molar-refractivity contribution >= 4 is 17.5 Å². The van der Waals surface area contributed by atoms with Gasteiger partial charge in [-0.2, -0.15) is 4.98 Å². The van der Waals surface area contributed by atoms with Crippen molar-refractivity contribution < 1.29 is 0 Å². The molecule has 0 aliphatic rings. The molecule has 0 spiro atoms. The molecule has 0 amide bonds. The molecule has 0 unspecified atom stereocenters. The second-order valence-corrected chi connectivity index (χ2v) is 5.94. The molecule has 0 aliphatic carbocycles. The smallest absolute Gasteiger partial charge is 0.229 e. The van der Waals surface area contributed by atoms with E-state index in [9.17, 15) is 0 Å². The van der Waals surface area contributed by atoms with Crippen LogP contribution in [0.25, 0.3) is 0 Å². The van der Waals surface area contributed by atoms with Crippen LogP contribution in [-0.2, 0) is 0 Å².